The third-order valence-corrected chi connectivity index (χ3v) is 6.60. The molecule has 0 spiro atoms. The van der Waals surface area contributed by atoms with Crippen LogP contribution in [-0.2, 0) is 6.42 Å². The molecule has 0 radical (unpaired) electrons. The van der Waals surface area contributed by atoms with Gasteiger partial charge in [0.15, 0.2) is 0 Å². The van der Waals surface area contributed by atoms with E-state index in [0.717, 1.165) is 61.4 Å². The van der Waals surface area contributed by atoms with Crippen LogP contribution < -0.4 is 15.5 Å². The summed E-state index contributed by atoms with van der Waals surface area (Å²) in [4.78, 5) is 22.3. The molecule has 1 aliphatic rings. The van der Waals surface area contributed by atoms with Gasteiger partial charge in [0.1, 0.15) is 5.82 Å². The van der Waals surface area contributed by atoms with Crippen molar-refractivity contribution in [2.24, 2.45) is 5.92 Å². The molecule has 1 fully saturated rings. The van der Waals surface area contributed by atoms with Gasteiger partial charge in [0.2, 0.25) is 5.95 Å². The van der Waals surface area contributed by atoms with Crippen molar-refractivity contribution in [3.63, 3.8) is 0 Å². The van der Waals surface area contributed by atoms with Gasteiger partial charge in [-0.25, -0.2) is 10.2 Å². The van der Waals surface area contributed by atoms with E-state index in [1.807, 2.05) is 49.3 Å². The summed E-state index contributed by atoms with van der Waals surface area (Å²) in [5.41, 5.74) is 2.41. The third kappa shape index (κ3) is 6.20. The van der Waals surface area contributed by atoms with Crippen LogP contribution >= 0.6 is 0 Å². The minimum atomic E-state index is -0.106. The minimum Gasteiger partial charge on any atom is -0.362 e. The van der Waals surface area contributed by atoms with Crippen LogP contribution in [0, 0.1) is 10.8 Å². The lowest BCUT2D eigenvalue weighted by Gasteiger charge is -2.29. The van der Waals surface area contributed by atoms with E-state index in [0.29, 0.717) is 12.0 Å². The van der Waals surface area contributed by atoms with Crippen LogP contribution in [0.5, 0.6) is 0 Å². The van der Waals surface area contributed by atoms with Gasteiger partial charge in [0, 0.05) is 37.7 Å². The van der Waals surface area contributed by atoms with Crippen molar-refractivity contribution in [3.8, 4) is 0 Å². The number of hydrogen-bond donors (Lipinski definition) is 3. The smallest absolute Gasteiger partial charge is 0.316 e. The summed E-state index contributed by atoms with van der Waals surface area (Å²) >= 11 is 0. The van der Waals surface area contributed by atoms with Crippen LogP contribution in [0.2, 0.25) is 0 Å². The molecule has 0 amide bonds. The Labute approximate surface area is 200 Å². The van der Waals surface area contributed by atoms with Gasteiger partial charge < -0.3 is 15.5 Å². The molecule has 4 rings (SSSR count). The summed E-state index contributed by atoms with van der Waals surface area (Å²) in [6.07, 6.45) is 6.67. The molecule has 3 N–H and O–H groups in total. The molecule has 0 saturated heterocycles. The molecule has 180 valence electrons. The molecule has 34 heavy (non-hydrogen) atoms. The number of rotatable bonds is 10. The lowest BCUT2D eigenvalue weighted by molar-refractivity contribution is -0.729. The molecule has 1 aliphatic carbocycles. The van der Waals surface area contributed by atoms with Crippen molar-refractivity contribution >= 4 is 28.4 Å². The zero-order valence-corrected chi connectivity index (χ0v) is 20.1. The standard InChI is InChI=1S/C26H35N6O2/c1-31(2)25-23-7-3-4-8-24(23)29-26(30-25)28-21-13-9-20(10-14-21)18-27-17-5-6-19-11-15-22(16-12-19)32(33)34/h3-4,7-8,11-12,15-16,20-21,27H,5-6,9-10,13-14,17-18H2,1-2H3,(H,33,34)(H,28,29,30)/q+1/t20-,21+. The quantitative estimate of drug-likeness (QED) is 0.297. The van der Waals surface area contributed by atoms with E-state index >= 15 is 0 Å². The first-order valence-electron chi connectivity index (χ1n) is 12.2. The summed E-state index contributed by atoms with van der Waals surface area (Å²) in [7, 11) is 4.04. The van der Waals surface area contributed by atoms with Gasteiger partial charge in [-0.2, -0.15) is 4.98 Å². The van der Waals surface area contributed by atoms with Crippen LogP contribution in [0.25, 0.3) is 10.9 Å². The molecule has 1 saturated carbocycles. The van der Waals surface area contributed by atoms with Crippen LogP contribution in [0.1, 0.15) is 37.7 Å². The number of nitrogens with one attached hydrogen (secondary N) is 2. The second kappa shape index (κ2) is 11.2. The SMILES string of the molecule is CN(C)c1nc(N[C@H]2CC[C@@H](CNCCCc3ccc([N+](=O)O)cc3)CC2)nc2ccccc12. The second-order valence-electron chi connectivity index (χ2n) is 9.39. The molecular formula is C26H35N6O2+. The average molecular weight is 464 g/mol. The van der Waals surface area contributed by atoms with Crippen molar-refractivity contribution in [1.82, 2.24) is 15.3 Å². The van der Waals surface area contributed by atoms with Gasteiger partial charge in [-0.15, -0.1) is 0 Å². The molecule has 0 unspecified atom stereocenters. The molecule has 2 aromatic carbocycles. The van der Waals surface area contributed by atoms with Crippen molar-refractivity contribution in [3.05, 3.63) is 59.0 Å². The van der Waals surface area contributed by atoms with Gasteiger partial charge in [-0.1, -0.05) is 24.3 Å². The maximum absolute atomic E-state index is 10.9. The fourth-order valence-electron chi connectivity index (χ4n) is 4.67. The number of aryl methyl sites for hydroxylation is 1. The molecule has 1 heterocycles. The summed E-state index contributed by atoms with van der Waals surface area (Å²) in [5.74, 6) is 2.38. The molecular weight excluding hydrogens is 428 g/mol. The Morgan fingerprint density at radius 2 is 1.76 bits per heavy atom. The maximum atomic E-state index is 10.9. The number of fused-ring (bicyclic) bond motifs is 1. The monoisotopic (exact) mass is 463 g/mol. The molecule has 0 aliphatic heterocycles. The maximum Gasteiger partial charge on any atom is 0.316 e. The van der Waals surface area contributed by atoms with Gasteiger partial charge in [0.25, 0.3) is 4.92 Å². The zero-order valence-electron chi connectivity index (χ0n) is 20.1. The number of aromatic nitrogens is 2. The topological polar surface area (TPSA) is 93.4 Å². The fourth-order valence-corrected chi connectivity index (χ4v) is 4.67. The van der Waals surface area contributed by atoms with Gasteiger partial charge in [-0.05, 0) is 75.2 Å². The highest BCUT2D eigenvalue weighted by Gasteiger charge is 2.22. The summed E-state index contributed by atoms with van der Waals surface area (Å²) in [5, 5.41) is 17.2. The Morgan fingerprint density at radius 1 is 1.03 bits per heavy atom. The molecule has 1 aromatic heterocycles. The summed E-state index contributed by atoms with van der Waals surface area (Å²) in [6, 6.07) is 15.7. The lowest BCUT2D eigenvalue weighted by atomic mass is 9.86. The van der Waals surface area contributed by atoms with Crippen LogP contribution in [0.15, 0.2) is 48.5 Å². The van der Waals surface area contributed by atoms with Crippen LogP contribution in [0.4, 0.5) is 17.5 Å². The summed E-state index contributed by atoms with van der Waals surface area (Å²) in [6.45, 7) is 2.03. The Balaban J connectivity index is 1.18. The number of hydrogen-bond acceptors (Lipinski definition) is 6. The van der Waals surface area contributed by atoms with Crippen LogP contribution in [0.3, 0.4) is 0 Å². The second-order valence-corrected chi connectivity index (χ2v) is 9.39. The predicted octanol–water partition coefficient (Wildman–Crippen LogP) is 4.69. The van der Waals surface area contributed by atoms with E-state index in [1.54, 1.807) is 12.1 Å². The Bertz CT molecular complexity index is 1090. The largest absolute Gasteiger partial charge is 0.362 e. The van der Waals surface area contributed by atoms with E-state index in [4.69, 9.17) is 15.2 Å². The Kier molecular flexibility index (Phi) is 7.90. The van der Waals surface area contributed by atoms with E-state index in [9.17, 15) is 4.91 Å². The highest BCUT2D eigenvalue weighted by Crippen LogP contribution is 2.28. The predicted molar refractivity (Wildman–Crippen MR) is 136 cm³/mol. The van der Waals surface area contributed by atoms with Gasteiger partial charge in [-0.3, -0.25) is 0 Å². The molecule has 8 nitrogen and oxygen atoms in total. The highest BCUT2D eigenvalue weighted by molar-refractivity contribution is 5.90. The third-order valence-electron chi connectivity index (χ3n) is 6.60. The van der Waals surface area contributed by atoms with E-state index in [-0.39, 0.29) is 10.6 Å². The van der Waals surface area contributed by atoms with Gasteiger partial charge >= 0.3 is 5.69 Å². The van der Waals surface area contributed by atoms with Gasteiger partial charge in [0.05, 0.1) is 10.4 Å². The number of benzene rings is 2. The average Bonchev–Trinajstić information content (AvgIpc) is 2.84. The first-order valence-corrected chi connectivity index (χ1v) is 12.2. The van der Waals surface area contributed by atoms with Crippen molar-refractivity contribution in [2.45, 2.75) is 44.6 Å². The van der Waals surface area contributed by atoms with Crippen LogP contribution in [-0.4, -0.2) is 53.3 Å². The van der Waals surface area contributed by atoms with Crippen molar-refractivity contribution in [1.29, 1.82) is 0 Å². The number of anilines is 2. The van der Waals surface area contributed by atoms with Crippen molar-refractivity contribution in [2.75, 3.05) is 37.4 Å². The van der Waals surface area contributed by atoms with Crippen molar-refractivity contribution < 1.29 is 10.1 Å². The molecule has 8 heteroatoms. The van der Waals surface area contributed by atoms with E-state index in [1.165, 1.54) is 18.4 Å². The normalized spacial score (nSPS) is 18.1. The molecule has 3 aromatic rings. The first-order chi connectivity index (χ1) is 16.5. The Morgan fingerprint density at radius 3 is 2.47 bits per heavy atom. The Hall–Kier alpha value is -3.26. The molecule has 0 atom stereocenters. The summed E-state index contributed by atoms with van der Waals surface area (Å²) < 4.78 is 0. The van der Waals surface area contributed by atoms with E-state index in [2.05, 4.69) is 16.7 Å². The lowest BCUT2D eigenvalue weighted by Crippen LogP contribution is -2.32. The van der Waals surface area contributed by atoms with E-state index < -0.39 is 0 Å². The zero-order chi connectivity index (χ0) is 23.9. The minimum absolute atomic E-state index is 0.106. The number of para-hydroxylation sites is 1. The fraction of sp³-hybridized carbons (Fsp3) is 0.462. The molecule has 0 bridgehead atoms. The number of nitrogens with zero attached hydrogens (tertiary/aromatic N) is 4. The highest BCUT2D eigenvalue weighted by atomic mass is 16.6. The first kappa shape index (κ1) is 23.9.